The molecular weight excluding hydrogens is 434 g/mol. The average molecular weight is 472 g/mol. The summed E-state index contributed by atoms with van der Waals surface area (Å²) in [5.74, 6) is -1.64. The minimum atomic E-state index is -0.822. The molecule has 8 heteroatoms. The first-order chi connectivity index (χ1) is 16.3. The van der Waals surface area contributed by atoms with Crippen LogP contribution in [0.25, 0.3) is 0 Å². The van der Waals surface area contributed by atoms with E-state index in [1.165, 1.54) is 0 Å². The number of carbonyl (C=O) groups excluding carboxylic acids is 3. The van der Waals surface area contributed by atoms with Crippen molar-refractivity contribution in [2.45, 2.75) is 45.7 Å². The van der Waals surface area contributed by atoms with Crippen molar-refractivity contribution in [3.05, 3.63) is 36.4 Å². The number of fused-ring (bicyclic) bond motifs is 1. The first-order valence-electron chi connectivity index (χ1n) is 12.0. The molecule has 0 radical (unpaired) electrons. The number of aliphatic hydroxyl groups is 1. The lowest BCUT2D eigenvalue weighted by Gasteiger charge is -2.34. The second kappa shape index (κ2) is 11.0. The maximum Gasteiger partial charge on any atom is 0.247 e. The molecule has 2 aliphatic rings. The monoisotopic (exact) mass is 471 g/mol. The molecule has 3 amide bonds. The number of methoxy groups -OCH3 is 1. The zero-order chi connectivity index (χ0) is 25.0. The van der Waals surface area contributed by atoms with Crippen LogP contribution in [0.1, 0.15) is 33.6 Å². The van der Waals surface area contributed by atoms with E-state index in [0.29, 0.717) is 24.3 Å². The molecule has 0 spiro atoms. The Morgan fingerprint density at radius 2 is 1.82 bits per heavy atom. The normalized spacial score (nSPS) is 26.9. The van der Waals surface area contributed by atoms with E-state index in [1.807, 2.05) is 32.9 Å². The van der Waals surface area contributed by atoms with Gasteiger partial charge < -0.3 is 25.4 Å². The molecule has 186 valence electrons. The molecule has 0 saturated carbocycles. The summed E-state index contributed by atoms with van der Waals surface area (Å²) in [6, 6.07) is 5.65. The third kappa shape index (κ3) is 4.97. The maximum absolute atomic E-state index is 13.9. The van der Waals surface area contributed by atoms with Crippen molar-refractivity contribution in [1.29, 1.82) is 0 Å². The Bertz CT molecular complexity index is 914. The molecule has 0 aromatic heterocycles. The molecule has 34 heavy (non-hydrogen) atoms. The minimum Gasteiger partial charge on any atom is -0.497 e. The molecule has 1 fully saturated rings. The van der Waals surface area contributed by atoms with Gasteiger partial charge in [-0.1, -0.05) is 32.9 Å². The zero-order valence-electron chi connectivity index (χ0n) is 20.7. The number of nitrogens with one attached hydrogen (secondary N) is 2. The predicted molar refractivity (Wildman–Crippen MR) is 130 cm³/mol. The Kier molecular flexibility index (Phi) is 8.36. The molecule has 1 aromatic rings. The van der Waals surface area contributed by atoms with Crippen molar-refractivity contribution in [3.63, 3.8) is 0 Å². The van der Waals surface area contributed by atoms with E-state index in [2.05, 4.69) is 10.6 Å². The molecule has 6 atom stereocenters. The fourth-order valence-electron chi connectivity index (χ4n) is 5.46. The van der Waals surface area contributed by atoms with Gasteiger partial charge in [0, 0.05) is 18.7 Å². The number of amides is 3. The van der Waals surface area contributed by atoms with Crippen molar-refractivity contribution in [2.24, 2.45) is 29.6 Å². The van der Waals surface area contributed by atoms with Gasteiger partial charge in [0.25, 0.3) is 0 Å². The van der Waals surface area contributed by atoms with Crippen LogP contribution >= 0.6 is 0 Å². The Hall–Kier alpha value is -2.87. The number of nitrogens with zero attached hydrogens (tertiary/aromatic N) is 1. The van der Waals surface area contributed by atoms with Crippen molar-refractivity contribution in [3.8, 4) is 5.75 Å². The van der Waals surface area contributed by atoms with E-state index in [-0.39, 0.29) is 36.2 Å². The van der Waals surface area contributed by atoms with Gasteiger partial charge in [0.1, 0.15) is 11.8 Å². The van der Waals surface area contributed by atoms with Gasteiger partial charge >= 0.3 is 0 Å². The zero-order valence-corrected chi connectivity index (χ0v) is 20.7. The smallest absolute Gasteiger partial charge is 0.247 e. The summed E-state index contributed by atoms with van der Waals surface area (Å²) in [5.41, 5.74) is 0.583. The summed E-state index contributed by atoms with van der Waals surface area (Å²) in [7, 11) is 3.14. The molecule has 3 rings (SSSR count). The fraction of sp³-hybridized carbons (Fsp3) is 0.577. The van der Waals surface area contributed by atoms with Crippen LogP contribution in [-0.4, -0.2) is 60.6 Å². The largest absolute Gasteiger partial charge is 0.497 e. The summed E-state index contributed by atoms with van der Waals surface area (Å²) < 4.78 is 5.18. The molecule has 1 saturated heterocycles. The van der Waals surface area contributed by atoms with Crippen LogP contribution in [-0.2, 0) is 14.4 Å². The van der Waals surface area contributed by atoms with Crippen molar-refractivity contribution in [2.75, 3.05) is 26.1 Å². The van der Waals surface area contributed by atoms with E-state index >= 15 is 0 Å². The molecule has 0 bridgehead atoms. The molecule has 0 unspecified atom stereocenters. The van der Waals surface area contributed by atoms with Gasteiger partial charge in [-0.15, -0.1) is 0 Å². The molecule has 1 aliphatic heterocycles. The maximum atomic E-state index is 13.9. The number of anilines is 1. The van der Waals surface area contributed by atoms with Gasteiger partial charge in [0.2, 0.25) is 17.7 Å². The van der Waals surface area contributed by atoms with Gasteiger partial charge in [-0.2, -0.15) is 0 Å². The van der Waals surface area contributed by atoms with Crippen molar-refractivity contribution >= 4 is 23.4 Å². The van der Waals surface area contributed by atoms with Crippen LogP contribution in [0.2, 0.25) is 0 Å². The summed E-state index contributed by atoms with van der Waals surface area (Å²) in [5, 5.41) is 15.9. The van der Waals surface area contributed by atoms with Gasteiger partial charge in [-0.05, 0) is 48.9 Å². The number of ether oxygens (including phenoxy) is 1. The third-order valence-electron chi connectivity index (χ3n) is 7.04. The number of carbonyl (C=O) groups is 3. The van der Waals surface area contributed by atoms with Gasteiger partial charge in [0.15, 0.2) is 0 Å². The molecule has 3 N–H and O–H groups in total. The van der Waals surface area contributed by atoms with Crippen molar-refractivity contribution < 1.29 is 24.2 Å². The number of aliphatic hydroxyl groups excluding tert-OH is 1. The Morgan fingerprint density at radius 1 is 1.15 bits per heavy atom. The van der Waals surface area contributed by atoms with Crippen LogP contribution in [0, 0.1) is 29.6 Å². The van der Waals surface area contributed by atoms with Crippen molar-refractivity contribution in [1.82, 2.24) is 10.2 Å². The highest BCUT2D eigenvalue weighted by atomic mass is 16.5. The van der Waals surface area contributed by atoms with Crippen LogP contribution in [0.15, 0.2) is 36.4 Å². The van der Waals surface area contributed by atoms with E-state index in [0.717, 1.165) is 0 Å². The van der Waals surface area contributed by atoms with E-state index < -0.39 is 29.8 Å². The van der Waals surface area contributed by atoms with Gasteiger partial charge in [-0.25, -0.2) is 0 Å². The number of hydrogen-bond donors (Lipinski definition) is 3. The first-order valence-corrected chi connectivity index (χ1v) is 12.0. The lowest BCUT2D eigenvalue weighted by Crippen LogP contribution is -2.51. The number of benzene rings is 1. The van der Waals surface area contributed by atoms with Gasteiger partial charge in [0.05, 0.1) is 31.6 Å². The number of likely N-dealkylation sites (tertiary alicyclic amines) is 1. The lowest BCUT2D eigenvalue weighted by molar-refractivity contribution is -0.143. The second-order valence-corrected chi connectivity index (χ2v) is 9.57. The highest BCUT2D eigenvalue weighted by Gasteiger charge is 2.58. The van der Waals surface area contributed by atoms with Crippen LogP contribution < -0.4 is 15.4 Å². The van der Waals surface area contributed by atoms with Crippen LogP contribution in [0.5, 0.6) is 5.75 Å². The molecule has 1 heterocycles. The highest BCUT2D eigenvalue weighted by molar-refractivity contribution is 6.02. The molecule has 8 nitrogen and oxygen atoms in total. The van der Waals surface area contributed by atoms with Gasteiger partial charge in [-0.3, -0.25) is 14.4 Å². The Morgan fingerprint density at radius 3 is 2.35 bits per heavy atom. The summed E-state index contributed by atoms with van der Waals surface area (Å²) in [6.45, 7) is 5.78. The van der Waals surface area contributed by atoms with Crippen LogP contribution in [0.3, 0.4) is 0 Å². The molecule has 1 aliphatic carbocycles. The first kappa shape index (κ1) is 25.7. The quantitative estimate of drug-likeness (QED) is 0.480. The predicted octanol–water partition coefficient (Wildman–Crippen LogP) is 2.44. The number of hydrogen-bond acceptors (Lipinski definition) is 5. The minimum absolute atomic E-state index is 0.0897. The number of rotatable bonds is 9. The summed E-state index contributed by atoms with van der Waals surface area (Å²) in [6.07, 6.45) is 5.17. The molecular formula is C26H37N3O5. The standard InChI is InChI=1S/C26H37N3O5/c1-6-16-7-12-20-22(21(16)24(31)27-4)26(33)29(18(14-30)13-15(2)3)23(20)25(32)28-17-8-10-19(34-5)11-9-17/h7-12,15-16,18,20-23,30H,6,13-14H2,1-5H3,(H,27,31)(H,28,32)/t16-,18-,20+,21-,22-,23+/m1/s1. The summed E-state index contributed by atoms with van der Waals surface area (Å²) in [4.78, 5) is 41.9. The molecule has 1 aromatic carbocycles. The summed E-state index contributed by atoms with van der Waals surface area (Å²) >= 11 is 0. The SMILES string of the molecule is CC[C@@H]1C=C[C@H]2[C@@H](C(=O)N([C@@H](CO)CC(C)C)[C@@H]2C(=O)Nc2ccc(OC)cc2)[C@@H]1C(=O)NC. The second-order valence-electron chi connectivity index (χ2n) is 9.57. The van der Waals surface area contributed by atoms with E-state index in [4.69, 9.17) is 4.74 Å². The Labute approximate surface area is 201 Å². The van der Waals surface area contributed by atoms with E-state index in [9.17, 15) is 19.5 Å². The highest BCUT2D eigenvalue weighted by Crippen LogP contribution is 2.46. The van der Waals surface area contributed by atoms with E-state index in [1.54, 1.807) is 43.3 Å². The average Bonchev–Trinajstić information content (AvgIpc) is 3.13. The number of allylic oxidation sites excluding steroid dienone is 1. The fourth-order valence-corrected chi connectivity index (χ4v) is 5.46. The lowest BCUT2D eigenvalue weighted by atomic mass is 9.69. The topological polar surface area (TPSA) is 108 Å². The van der Waals surface area contributed by atoms with Crippen LogP contribution in [0.4, 0.5) is 5.69 Å². The Balaban J connectivity index is 2.02. The third-order valence-corrected chi connectivity index (χ3v) is 7.04.